The van der Waals surface area contributed by atoms with E-state index >= 15 is 0 Å². The van der Waals surface area contributed by atoms with E-state index < -0.39 is 0 Å². The molecule has 1 amide bonds. The van der Waals surface area contributed by atoms with Gasteiger partial charge >= 0.3 is 0 Å². The van der Waals surface area contributed by atoms with E-state index in [-0.39, 0.29) is 36.4 Å². The summed E-state index contributed by atoms with van der Waals surface area (Å²) in [6.45, 7) is 5.54. The number of ether oxygens (including phenoxy) is 1. The normalized spacial score (nSPS) is 27.2. The molecule has 2 heterocycles. The molecule has 2 fully saturated rings. The molecule has 0 radical (unpaired) electrons. The van der Waals surface area contributed by atoms with Gasteiger partial charge in [-0.1, -0.05) is 6.42 Å². The SMILES string of the molecule is Cc1oc(NC(=O)CN2CCOC[C@@H]2[C@@H]2CCC[C@@H]2O)c(C#N)c1C. The molecular weight excluding hydrogens is 322 g/mol. The predicted molar refractivity (Wildman–Crippen MR) is 91.1 cm³/mol. The van der Waals surface area contributed by atoms with Crippen LogP contribution in [0.5, 0.6) is 0 Å². The van der Waals surface area contributed by atoms with Crippen LogP contribution >= 0.6 is 0 Å². The average molecular weight is 347 g/mol. The number of furan rings is 1. The second-order valence-electron chi connectivity index (χ2n) is 6.92. The lowest BCUT2D eigenvalue weighted by molar-refractivity contribution is -0.121. The first-order valence-corrected chi connectivity index (χ1v) is 8.81. The third-order valence-corrected chi connectivity index (χ3v) is 5.40. The lowest BCUT2D eigenvalue weighted by atomic mass is 9.94. The Morgan fingerprint density at radius 2 is 2.24 bits per heavy atom. The van der Waals surface area contributed by atoms with Gasteiger partial charge in [0.2, 0.25) is 11.8 Å². The molecule has 1 aliphatic carbocycles. The zero-order valence-electron chi connectivity index (χ0n) is 14.7. The Kier molecular flexibility index (Phi) is 5.42. The van der Waals surface area contributed by atoms with Crippen LogP contribution in [-0.4, -0.2) is 54.4 Å². The highest BCUT2D eigenvalue weighted by Gasteiger charge is 2.38. The Morgan fingerprint density at radius 3 is 2.92 bits per heavy atom. The molecule has 1 aromatic rings. The molecule has 25 heavy (non-hydrogen) atoms. The summed E-state index contributed by atoms with van der Waals surface area (Å²) in [5.74, 6) is 0.777. The molecule has 136 valence electrons. The Labute approximate surface area is 147 Å². The number of aliphatic hydroxyl groups is 1. The molecule has 1 saturated heterocycles. The van der Waals surface area contributed by atoms with Crippen LogP contribution in [0.4, 0.5) is 5.88 Å². The standard InChI is InChI=1S/C18H25N3O4/c1-11-12(2)25-18(14(11)8-19)20-17(23)9-21-6-7-24-10-15(21)13-4-3-5-16(13)22/h13,15-16,22H,3-7,9-10H2,1-2H3,(H,20,23)/t13-,15+,16-/m0/s1. The first kappa shape index (κ1) is 17.9. The minimum absolute atomic E-state index is 0.0486. The molecule has 7 nitrogen and oxygen atoms in total. The van der Waals surface area contributed by atoms with Crippen LogP contribution in [0.15, 0.2) is 4.42 Å². The predicted octanol–water partition coefficient (Wildman–Crippen LogP) is 1.57. The first-order valence-electron chi connectivity index (χ1n) is 8.81. The molecule has 7 heteroatoms. The number of anilines is 1. The van der Waals surface area contributed by atoms with Crippen molar-refractivity contribution in [1.82, 2.24) is 4.90 Å². The molecule has 1 aliphatic heterocycles. The highest BCUT2D eigenvalue weighted by Crippen LogP contribution is 2.32. The van der Waals surface area contributed by atoms with Gasteiger partial charge in [-0.3, -0.25) is 15.0 Å². The first-order chi connectivity index (χ1) is 12.0. The molecule has 3 atom stereocenters. The maximum atomic E-state index is 12.5. The molecule has 0 unspecified atom stereocenters. The van der Waals surface area contributed by atoms with Gasteiger partial charge in [-0.2, -0.15) is 5.26 Å². The van der Waals surface area contributed by atoms with Crippen molar-refractivity contribution in [2.75, 3.05) is 31.6 Å². The van der Waals surface area contributed by atoms with Crippen molar-refractivity contribution in [2.45, 2.75) is 45.3 Å². The molecule has 1 aromatic heterocycles. The highest BCUT2D eigenvalue weighted by atomic mass is 16.5. The fraction of sp³-hybridized carbons (Fsp3) is 0.667. The second kappa shape index (κ2) is 7.56. The molecule has 0 bridgehead atoms. The van der Waals surface area contributed by atoms with Crippen molar-refractivity contribution in [2.24, 2.45) is 5.92 Å². The van der Waals surface area contributed by atoms with Crippen LogP contribution in [0.25, 0.3) is 0 Å². The zero-order valence-corrected chi connectivity index (χ0v) is 14.7. The number of hydrogen-bond donors (Lipinski definition) is 2. The summed E-state index contributed by atoms with van der Waals surface area (Å²) in [5, 5.41) is 22.2. The van der Waals surface area contributed by atoms with Crippen molar-refractivity contribution in [1.29, 1.82) is 5.26 Å². The van der Waals surface area contributed by atoms with E-state index in [4.69, 9.17) is 9.15 Å². The Hall–Kier alpha value is -1.88. The van der Waals surface area contributed by atoms with Gasteiger partial charge in [-0.05, 0) is 26.7 Å². The van der Waals surface area contributed by atoms with Gasteiger partial charge in [0.05, 0.1) is 25.9 Å². The lowest BCUT2D eigenvalue weighted by Gasteiger charge is -2.39. The number of nitrogens with zero attached hydrogens (tertiary/aromatic N) is 2. The van der Waals surface area contributed by atoms with Gasteiger partial charge in [-0.15, -0.1) is 0 Å². The summed E-state index contributed by atoms with van der Waals surface area (Å²) in [6, 6.07) is 2.13. The number of carbonyl (C=O) groups excluding carboxylic acids is 1. The number of rotatable bonds is 4. The third kappa shape index (κ3) is 3.71. The number of nitriles is 1. The Bertz CT molecular complexity index is 679. The van der Waals surface area contributed by atoms with Crippen molar-refractivity contribution < 1.29 is 19.1 Å². The van der Waals surface area contributed by atoms with E-state index in [2.05, 4.69) is 16.3 Å². The fourth-order valence-electron chi connectivity index (χ4n) is 3.87. The van der Waals surface area contributed by atoms with E-state index in [0.29, 0.717) is 31.1 Å². The van der Waals surface area contributed by atoms with Gasteiger partial charge in [0, 0.05) is 24.1 Å². The highest BCUT2D eigenvalue weighted by molar-refractivity contribution is 5.92. The Morgan fingerprint density at radius 1 is 1.44 bits per heavy atom. The topological polar surface area (TPSA) is 98.7 Å². The quantitative estimate of drug-likeness (QED) is 0.858. The van der Waals surface area contributed by atoms with Crippen LogP contribution in [0.3, 0.4) is 0 Å². The summed E-state index contributed by atoms with van der Waals surface area (Å²) in [7, 11) is 0. The van der Waals surface area contributed by atoms with Gasteiger partial charge in [0.1, 0.15) is 17.4 Å². The number of amides is 1. The minimum atomic E-state index is -0.321. The number of aliphatic hydroxyl groups excluding tert-OH is 1. The van der Waals surface area contributed by atoms with Gasteiger partial charge in [0.15, 0.2) is 0 Å². The smallest absolute Gasteiger partial charge is 0.240 e. The largest absolute Gasteiger partial charge is 0.444 e. The van der Waals surface area contributed by atoms with Crippen LogP contribution in [0.1, 0.15) is 36.1 Å². The number of nitrogens with one attached hydrogen (secondary N) is 1. The van der Waals surface area contributed by atoms with Crippen molar-refractivity contribution >= 4 is 11.8 Å². The minimum Gasteiger partial charge on any atom is -0.444 e. The molecule has 1 saturated carbocycles. The maximum absolute atomic E-state index is 12.5. The fourth-order valence-corrected chi connectivity index (χ4v) is 3.87. The van der Waals surface area contributed by atoms with Crippen molar-refractivity contribution in [3.63, 3.8) is 0 Å². The summed E-state index contributed by atoms with van der Waals surface area (Å²) in [4.78, 5) is 14.6. The van der Waals surface area contributed by atoms with Crippen molar-refractivity contribution in [3.8, 4) is 6.07 Å². The van der Waals surface area contributed by atoms with Gasteiger partial charge < -0.3 is 14.3 Å². The monoisotopic (exact) mass is 347 g/mol. The van der Waals surface area contributed by atoms with E-state index in [1.807, 2.05) is 0 Å². The second-order valence-corrected chi connectivity index (χ2v) is 6.92. The van der Waals surface area contributed by atoms with E-state index in [1.54, 1.807) is 13.8 Å². The summed E-state index contributed by atoms with van der Waals surface area (Å²) in [6.07, 6.45) is 2.47. The molecule has 0 spiro atoms. The molecule has 3 rings (SSSR count). The lowest BCUT2D eigenvalue weighted by Crippen LogP contribution is -2.53. The van der Waals surface area contributed by atoms with E-state index in [9.17, 15) is 15.2 Å². The van der Waals surface area contributed by atoms with E-state index in [1.165, 1.54) is 0 Å². The summed E-state index contributed by atoms with van der Waals surface area (Å²) in [5.41, 5.74) is 1.12. The van der Waals surface area contributed by atoms with Crippen LogP contribution in [0, 0.1) is 31.1 Å². The van der Waals surface area contributed by atoms with Gasteiger partial charge in [-0.25, -0.2) is 0 Å². The number of carbonyl (C=O) groups is 1. The zero-order chi connectivity index (χ0) is 18.0. The average Bonchev–Trinajstić information content (AvgIpc) is 3.11. The van der Waals surface area contributed by atoms with Crippen LogP contribution in [0.2, 0.25) is 0 Å². The maximum Gasteiger partial charge on any atom is 0.240 e. The molecule has 2 N–H and O–H groups in total. The molecule has 2 aliphatic rings. The molecular formula is C18H25N3O4. The number of hydrogen-bond acceptors (Lipinski definition) is 6. The van der Waals surface area contributed by atoms with E-state index in [0.717, 1.165) is 24.8 Å². The number of morpholine rings is 1. The Balaban J connectivity index is 1.67. The van der Waals surface area contributed by atoms with Gasteiger partial charge in [0.25, 0.3) is 0 Å². The molecule has 0 aromatic carbocycles. The van der Waals surface area contributed by atoms with Crippen LogP contribution in [-0.2, 0) is 9.53 Å². The third-order valence-electron chi connectivity index (χ3n) is 5.40. The summed E-state index contributed by atoms with van der Waals surface area (Å²) >= 11 is 0. The van der Waals surface area contributed by atoms with Crippen LogP contribution < -0.4 is 5.32 Å². The van der Waals surface area contributed by atoms with Crippen molar-refractivity contribution in [3.05, 3.63) is 16.9 Å². The number of aryl methyl sites for hydroxylation is 1. The summed E-state index contributed by atoms with van der Waals surface area (Å²) < 4.78 is 11.1.